The number of aliphatic hydroxyl groups excluding tert-OH is 2. The molecule has 3 unspecified atom stereocenters. The van der Waals surface area contributed by atoms with Crippen molar-refractivity contribution in [3.8, 4) is 0 Å². The van der Waals surface area contributed by atoms with E-state index in [4.69, 9.17) is 4.74 Å². The molecule has 0 aliphatic heterocycles. The summed E-state index contributed by atoms with van der Waals surface area (Å²) in [6.07, 6.45) is 60.1. The lowest BCUT2D eigenvalue weighted by atomic mass is 10.0. The quantitative estimate of drug-likeness (QED) is 0.0322. The van der Waals surface area contributed by atoms with Crippen LogP contribution in [0.2, 0.25) is 0 Å². The van der Waals surface area contributed by atoms with Gasteiger partial charge in [-0.15, -0.1) is 0 Å². The molecule has 0 radical (unpaired) electrons. The number of ether oxygens (including phenoxy) is 1. The molecule has 1 amide bonds. The average molecular weight is 854 g/mol. The highest BCUT2D eigenvalue weighted by Crippen LogP contribution is 2.16. The van der Waals surface area contributed by atoms with Crippen molar-refractivity contribution < 1.29 is 24.5 Å². The summed E-state index contributed by atoms with van der Waals surface area (Å²) in [5, 5.41) is 23.7. The van der Waals surface area contributed by atoms with Crippen molar-refractivity contribution in [2.75, 3.05) is 6.61 Å². The van der Waals surface area contributed by atoms with Crippen LogP contribution in [0.25, 0.3) is 0 Å². The molecule has 6 nitrogen and oxygen atoms in total. The molecule has 0 saturated heterocycles. The van der Waals surface area contributed by atoms with E-state index in [1.54, 1.807) is 0 Å². The number of aliphatic hydroxyl groups is 2. The topological polar surface area (TPSA) is 95.9 Å². The first-order valence-corrected chi connectivity index (χ1v) is 26.0. The number of hydrogen-bond donors (Lipinski definition) is 3. The molecule has 0 saturated carbocycles. The number of carbonyl (C=O) groups excluding carboxylic acids is 2. The third-order valence-corrected chi connectivity index (χ3v) is 11.6. The SMILES string of the molecule is CCCCC/C=C\C/C=C\C/C=C\C/C=C\CC(CC(=O)NC(CO)C(O)CCCCCCCCCCCCCCC)OC(=O)CCCCC/C=C\CCCCCCCCC. The van der Waals surface area contributed by atoms with Crippen LogP contribution in [0.1, 0.15) is 252 Å². The maximum absolute atomic E-state index is 13.2. The smallest absolute Gasteiger partial charge is 0.306 e. The molecule has 0 aliphatic rings. The number of esters is 1. The van der Waals surface area contributed by atoms with Crippen molar-refractivity contribution in [1.29, 1.82) is 0 Å². The first kappa shape index (κ1) is 58.6. The molecule has 6 heteroatoms. The van der Waals surface area contributed by atoms with Gasteiger partial charge in [0.25, 0.3) is 0 Å². The molecule has 0 bridgehead atoms. The predicted molar refractivity (Wildman–Crippen MR) is 264 cm³/mol. The molecule has 0 rings (SSSR count). The zero-order valence-electron chi connectivity index (χ0n) is 40.3. The maximum atomic E-state index is 13.2. The zero-order chi connectivity index (χ0) is 44.5. The van der Waals surface area contributed by atoms with Crippen LogP contribution in [-0.4, -0.2) is 46.9 Å². The maximum Gasteiger partial charge on any atom is 0.306 e. The lowest BCUT2D eigenvalue weighted by Gasteiger charge is -2.24. The van der Waals surface area contributed by atoms with Crippen LogP contribution in [0.4, 0.5) is 0 Å². The summed E-state index contributed by atoms with van der Waals surface area (Å²) in [5.41, 5.74) is 0. The minimum atomic E-state index is -0.814. The molecule has 0 aromatic carbocycles. The number of hydrogen-bond acceptors (Lipinski definition) is 5. The second-order valence-corrected chi connectivity index (χ2v) is 17.6. The summed E-state index contributed by atoms with van der Waals surface area (Å²) in [4.78, 5) is 26.1. The van der Waals surface area contributed by atoms with E-state index >= 15 is 0 Å². The van der Waals surface area contributed by atoms with Crippen LogP contribution >= 0.6 is 0 Å². The van der Waals surface area contributed by atoms with Gasteiger partial charge < -0.3 is 20.3 Å². The third-order valence-electron chi connectivity index (χ3n) is 11.6. The van der Waals surface area contributed by atoms with Crippen LogP contribution in [0.3, 0.4) is 0 Å². The molecule has 0 spiro atoms. The third kappa shape index (κ3) is 44.0. The van der Waals surface area contributed by atoms with Gasteiger partial charge in [-0.1, -0.05) is 223 Å². The molecular weight excluding hydrogens is 755 g/mol. The van der Waals surface area contributed by atoms with E-state index in [2.05, 4.69) is 80.8 Å². The van der Waals surface area contributed by atoms with E-state index in [-0.39, 0.29) is 24.9 Å². The predicted octanol–water partition coefficient (Wildman–Crippen LogP) is 15.6. The van der Waals surface area contributed by atoms with Crippen molar-refractivity contribution >= 4 is 11.9 Å². The minimum Gasteiger partial charge on any atom is -0.461 e. The first-order chi connectivity index (χ1) is 30.0. The Morgan fingerprint density at radius 1 is 0.492 bits per heavy atom. The number of carbonyl (C=O) groups is 2. The molecule has 3 N–H and O–H groups in total. The molecule has 0 aromatic heterocycles. The Hall–Kier alpha value is -2.44. The van der Waals surface area contributed by atoms with Gasteiger partial charge in [0.15, 0.2) is 0 Å². The van der Waals surface area contributed by atoms with E-state index in [0.29, 0.717) is 19.3 Å². The normalized spacial score (nSPS) is 13.7. The fourth-order valence-corrected chi connectivity index (χ4v) is 7.58. The highest BCUT2D eigenvalue weighted by atomic mass is 16.5. The molecule has 3 atom stereocenters. The van der Waals surface area contributed by atoms with Crippen LogP contribution in [0.15, 0.2) is 60.8 Å². The summed E-state index contributed by atoms with van der Waals surface area (Å²) in [7, 11) is 0. The van der Waals surface area contributed by atoms with Crippen LogP contribution in [0, 0.1) is 0 Å². The lowest BCUT2D eigenvalue weighted by Crippen LogP contribution is -2.46. The number of amides is 1. The Kier molecular flexibility index (Phi) is 46.6. The Labute approximate surface area is 378 Å². The highest BCUT2D eigenvalue weighted by molar-refractivity contribution is 5.77. The van der Waals surface area contributed by atoms with Gasteiger partial charge >= 0.3 is 5.97 Å². The number of nitrogens with one attached hydrogen (secondary N) is 1. The van der Waals surface area contributed by atoms with E-state index in [1.165, 1.54) is 135 Å². The first-order valence-electron chi connectivity index (χ1n) is 26.0. The molecular formula is C55H99NO5. The Morgan fingerprint density at radius 2 is 0.869 bits per heavy atom. The van der Waals surface area contributed by atoms with Gasteiger partial charge in [0.2, 0.25) is 5.91 Å². The van der Waals surface area contributed by atoms with Gasteiger partial charge in [0.1, 0.15) is 6.10 Å². The Bertz CT molecular complexity index is 1090. The summed E-state index contributed by atoms with van der Waals surface area (Å²) < 4.78 is 5.86. The monoisotopic (exact) mass is 854 g/mol. The van der Waals surface area contributed by atoms with Crippen LogP contribution in [0.5, 0.6) is 0 Å². The van der Waals surface area contributed by atoms with Crippen molar-refractivity contribution in [1.82, 2.24) is 5.32 Å². The van der Waals surface area contributed by atoms with Crippen molar-refractivity contribution in [2.24, 2.45) is 0 Å². The number of allylic oxidation sites excluding steroid dienone is 9. The van der Waals surface area contributed by atoms with Gasteiger partial charge in [-0.2, -0.15) is 0 Å². The molecule has 0 aromatic rings. The van der Waals surface area contributed by atoms with Crippen molar-refractivity contribution in [3.63, 3.8) is 0 Å². The number of rotatable bonds is 46. The van der Waals surface area contributed by atoms with E-state index in [1.807, 2.05) is 6.08 Å². The largest absolute Gasteiger partial charge is 0.461 e. The second kappa shape index (κ2) is 48.6. The van der Waals surface area contributed by atoms with E-state index in [0.717, 1.165) is 70.6 Å². The van der Waals surface area contributed by atoms with Gasteiger partial charge in [-0.25, -0.2) is 0 Å². The minimum absolute atomic E-state index is 0.00470. The van der Waals surface area contributed by atoms with Crippen LogP contribution < -0.4 is 5.32 Å². The summed E-state index contributed by atoms with van der Waals surface area (Å²) in [5.74, 6) is -0.593. The van der Waals surface area contributed by atoms with Gasteiger partial charge in [0, 0.05) is 12.8 Å². The summed E-state index contributed by atoms with van der Waals surface area (Å²) >= 11 is 0. The standard InChI is InChI=1S/C55H99NO5/c1-4-7-10-13-16-19-22-25-27-29-31-34-37-40-43-46-51(61-55(60)48-45-42-39-36-33-30-26-23-20-17-14-11-8-5-2)49-54(59)56-52(50-57)53(58)47-44-41-38-35-32-28-24-21-18-15-12-9-6-3/h16,19,25,27,30-31,33-34,40,43,51-53,57-58H,4-15,17-18,20-24,26,28-29,32,35-39,41-42,44-50H2,1-3H3,(H,56,59)/b19-16-,27-25-,33-30-,34-31-,43-40-. The fourth-order valence-electron chi connectivity index (χ4n) is 7.58. The Morgan fingerprint density at radius 3 is 1.36 bits per heavy atom. The molecule has 354 valence electrons. The Balaban J connectivity index is 4.73. The molecule has 0 fully saturated rings. The number of unbranched alkanes of at least 4 members (excludes halogenated alkanes) is 25. The molecule has 0 heterocycles. The summed E-state index contributed by atoms with van der Waals surface area (Å²) in [6, 6.07) is -0.734. The van der Waals surface area contributed by atoms with Crippen molar-refractivity contribution in [2.45, 2.75) is 270 Å². The van der Waals surface area contributed by atoms with Gasteiger partial charge in [0.05, 0.1) is 25.2 Å². The average Bonchev–Trinajstić information content (AvgIpc) is 3.25. The van der Waals surface area contributed by atoms with E-state index < -0.39 is 18.2 Å². The van der Waals surface area contributed by atoms with E-state index in [9.17, 15) is 19.8 Å². The lowest BCUT2D eigenvalue weighted by molar-refractivity contribution is -0.150. The van der Waals surface area contributed by atoms with Gasteiger partial charge in [-0.05, 0) is 70.6 Å². The summed E-state index contributed by atoms with van der Waals surface area (Å²) in [6.45, 7) is 6.42. The zero-order valence-corrected chi connectivity index (χ0v) is 40.3. The van der Waals surface area contributed by atoms with Crippen molar-refractivity contribution in [3.05, 3.63) is 60.8 Å². The van der Waals surface area contributed by atoms with Gasteiger partial charge in [-0.3, -0.25) is 9.59 Å². The molecule has 61 heavy (non-hydrogen) atoms. The second-order valence-electron chi connectivity index (χ2n) is 17.6. The molecule has 0 aliphatic carbocycles. The fraction of sp³-hybridized carbons (Fsp3) is 0.782. The highest BCUT2D eigenvalue weighted by Gasteiger charge is 2.23. The van der Waals surface area contributed by atoms with Crippen LogP contribution in [-0.2, 0) is 14.3 Å².